The number of rotatable bonds is 4. The Kier molecular flexibility index (Phi) is 4.04. The minimum absolute atomic E-state index is 0.344. The number of aromatic nitrogens is 2. The van der Waals surface area contributed by atoms with Crippen molar-refractivity contribution in [1.82, 2.24) is 9.36 Å². The molecule has 0 spiro atoms. The van der Waals surface area contributed by atoms with Crippen LogP contribution in [0.4, 0.5) is 5.69 Å². The predicted octanol–water partition coefficient (Wildman–Crippen LogP) is 3.91. The summed E-state index contributed by atoms with van der Waals surface area (Å²) in [5, 5.41) is 0.586. The van der Waals surface area contributed by atoms with Crippen LogP contribution in [-0.2, 0) is 6.42 Å². The van der Waals surface area contributed by atoms with E-state index in [0.29, 0.717) is 11.1 Å². The summed E-state index contributed by atoms with van der Waals surface area (Å²) in [5.74, 6) is 1.98. The third kappa shape index (κ3) is 3.04. The van der Waals surface area contributed by atoms with Gasteiger partial charge in [-0.1, -0.05) is 20.8 Å². The van der Waals surface area contributed by atoms with E-state index in [4.69, 9.17) is 10.5 Å². The fourth-order valence-electron chi connectivity index (χ4n) is 1.77. The second-order valence-corrected chi connectivity index (χ2v) is 5.55. The summed E-state index contributed by atoms with van der Waals surface area (Å²) in [6.07, 6.45) is 0.817. The summed E-state index contributed by atoms with van der Waals surface area (Å²) in [6.45, 7) is 8.24. The fraction of sp³-hybridized carbons (Fsp3) is 0.429. The quantitative estimate of drug-likeness (QED) is 0.861. The van der Waals surface area contributed by atoms with E-state index >= 15 is 0 Å². The Morgan fingerprint density at radius 1 is 1.37 bits per heavy atom. The molecule has 0 saturated heterocycles. The standard InChI is InChI=1S/C14H19N3OS/c1-5-13-16-14(19-17-13)18-12-6-9(4)11(15)7-10(12)8(2)3/h6-8H,5,15H2,1-4H3. The molecule has 1 aromatic carbocycles. The molecule has 0 atom stereocenters. The average molecular weight is 277 g/mol. The summed E-state index contributed by atoms with van der Waals surface area (Å²) in [6, 6.07) is 3.95. The molecular weight excluding hydrogens is 258 g/mol. The van der Waals surface area contributed by atoms with Gasteiger partial charge in [0.2, 0.25) is 0 Å². The molecule has 1 aromatic heterocycles. The summed E-state index contributed by atoms with van der Waals surface area (Å²) in [4.78, 5) is 4.33. The lowest BCUT2D eigenvalue weighted by Crippen LogP contribution is -1.98. The monoisotopic (exact) mass is 277 g/mol. The summed E-state index contributed by atoms with van der Waals surface area (Å²) >= 11 is 1.28. The van der Waals surface area contributed by atoms with E-state index in [-0.39, 0.29) is 0 Å². The number of hydrogen-bond donors (Lipinski definition) is 1. The van der Waals surface area contributed by atoms with Gasteiger partial charge in [0.05, 0.1) is 0 Å². The molecule has 0 bridgehead atoms. The Balaban J connectivity index is 2.35. The average Bonchev–Trinajstić information content (AvgIpc) is 2.81. The van der Waals surface area contributed by atoms with Crippen molar-refractivity contribution >= 4 is 17.2 Å². The number of anilines is 1. The van der Waals surface area contributed by atoms with Crippen LogP contribution in [0.15, 0.2) is 12.1 Å². The van der Waals surface area contributed by atoms with E-state index in [9.17, 15) is 0 Å². The van der Waals surface area contributed by atoms with Crippen LogP contribution in [0, 0.1) is 6.92 Å². The number of benzene rings is 1. The van der Waals surface area contributed by atoms with Gasteiger partial charge in [0.15, 0.2) is 0 Å². The zero-order valence-corrected chi connectivity index (χ0v) is 12.5. The van der Waals surface area contributed by atoms with Crippen LogP contribution < -0.4 is 10.5 Å². The molecule has 0 fully saturated rings. The summed E-state index contributed by atoms with van der Waals surface area (Å²) in [7, 11) is 0. The minimum atomic E-state index is 0.344. The first-order valence-electron chi connectivity index (χ1n) is 6.41. The Bertz CT molecular complexity index is 578. The van der Waals surface area contributed by atoms with Gasteiger partial charge < -0.3 is 10.5 Å². The molecule has 5 heteroatoms. The van der Waals surface area contributed by atoms with Crippen LogP contribution >= 0.6 is 11.5 Å². The molecule has 19 heavy (non-hydrogen) atoms. The molecule has 0 aliphatic carbocycles. The highest BCUT2D eigenvalue weighted by Crippen LogP contribution is 2.34. The lowest BCUT2D eigenvalue weighted by atomic mass is 9.99. The van der Waals surface area contributed by atoms with Gasteiger partial charge in [-0.05, 0) is 36.1 Å². The maximum Gasteiger partial charge on any atom is 0.298 e. The van der Waals surface area contributed by atoms with Crippen LogP contribution in [0.2, 0.25) is 0 Å². The van der Waals surface area contributed by atoms with Crippen LogP contribution in [0.5, 0.6) is 10.9 Å². The number of nitrogens with two attached hydrogens (primary N) is 1. The lowest BCUT2D eigenvalue weighted by molar-refractivity contribution is 0.468. The van der Waals surface area contributed by atoms with Gasteiger partial charge >= 0.3 is 0 Å². The summed E-state index contributed by atoms with van der Waals surface area (Å²) in [5.41, 5.74) is 8.87. The van der Waals surface area contributed by atoms with Gasteiger partial charge in [0.25, 0.3) is 5.19 Å². The minimum Gasteiger partial charge on any atom is -0.430 e. The topological polar surface area (TPSA) is 61.0 Å². The number of ether oxygens (including phenoxy) is 1. The first-order chi connectivity index (χ1) is 9.01. The highest BCUT2D eigenvalue weighted by atomic mass is 32.1. The van der Waals surface area contributed by atoms with Crippen molar-refractivity contribution < 1.29 is 4.74 Å². The fourth-order valence-corrected chi connectivity index (χ4v) is 2.40. The van der Waals surface area contributed by atoms with Gasteiger partial charge in [-0.25, -0.2) is 0 Å². The molecule has 2 aromatic rings. The third-order valence-electron chi connectivity index (χ3n) is 2.98. The second-order valence-electron chi connectivity index (χ2n) is 4.83. The normalized spacial score (nSPS) is 11.0. The maximum absolute atomic E-state index is 5.97. The Morgan fingerprint density at radius 2 is 2.11 bits per heavy atom. The van der Waals surface area contributed by atoms with E-state index in [1.165, 1.54) is 11.5 Å². The van der Waals surface area contributed by atoms with Crippen LogP contribution in [0.25, 0.3) is 0 Å². The van der Waals surface area contributed by atoms with E-state index in [0.717, 1.165) is 34.8 Å². The second kappa shape index (κ2) is 5.57. The van der Waals surface area contributed by atoms with Gasteiger partial charge in [-0.3, -0.25) is 0 Å². The van der Waals surface area contributed by atoms with E-state index in [1.54, 1.807) is 0 Å². The zero-order chi connectivity index (χ0) is 14.0. The van der Waals surface area contributed by atoms with E-state index in [2.05, 4.69) is 23.2 Å². The number of hydrogen-bond acceptors (Lipinski definition) is 5. The number of nitrogen functional groups attached to an aromatic ring is 1. The highest BCUT2D eigenvalue weighted by molar-refractivity contribution is 7.07. The van der Waals surface area contributed by atoms with Gasteiger partial charge in [-0.15, -0.1) is 0 Å². The van der Waals surface area contributed by atoms with Crippen molar-refractivity contribution in [3.63, 3.8) is 0 Å². The molecule has 0 radical (unpaired) electrons. The van der Waals surface area contributed by atoms with Gasteiger partial charge in [0.1, 0.15) is 11.6 Å². The maximum atomic E-state index is 5.97. The first kappa shape index (κ1) is 13.8. The van der Waals surface area contributed by atoms with Crippen molar-refractivity contribution in [2.24, 2.45) is 0 Å². The molecule has 4 nitrogen and oxygen atoms in total. The third-order valence-corrected chi connectivity index (χ3v) is 3.62. The van der Waals surface area contributed by atoms with Crippen molar-refractivity contribution in [1.29, 1.82) is 0 Å². The first-order valence-corrected chi connectivity index (χ1v) is 7.19. The molecule has 0 amide bonds. The van der Waals surface area contributed by atoms with Crippen LogP contribution in [0.1, 0.15) is 43.6 Å². The van der Waals surface area contributed by atoms with Crippen LogP contribution in [0.3, 0.4) is 0 Å². The molecule has 1 heterocycles. The Morgan fingerprint density at radius 3 is 2.68 bits per heavy atom. The molecule has 0 aliphatic rings. The zero-order valence-electron chi connectivity index (χ0n) is 11.7. The Hall–Kier alpha value is -1.62. The highest BCUT2D eigenvalue weighted by Gasteiger charge is 2.13. The van der Waals surface area contributed by atoms with Crippen molar-refractivity contribution in [3.8, 4) is 10.9 Å². The van der Waals surface area contributed by atoms with E-state index < -0.39 is 0 Å². The molecule has 0 unspecified atom stereocenters. The SMILES string of the molecule is CCc1nsc(Oc2cc(C)c(N)cc2C(C)C)n1. The van der Waals surface area contributed by atoms with Crippen LogP contribution in [-0.4, -0.2) is 9.36 Å². The van der Waals surface area contributed by atoms with Crippen molar-refractivity contribution in [2.75, 3.05) is 5.73 Å². The molecule has 0 saturated carbocycles. The smallest absolute Gasteiger partial charge is 0.298 e. The number of aryl methyl sites for hydroxylation is 2. The van der Waals surface area contributed by atoms with Gasteiger partial charge in [-0.2, -0.15) is 9.36 Å². The summed E-state index contributed by atoms with van der Waals surface area (Å²) < 4.78 is 10.1. The number of nitrogens with zero attached hydrogens (tertiary/aromatic N) is 2. The molecule has 0 aliphatic heterocycles. The molecule has 102 valence electrons. The van der Waals surface area contributed by atoms with Gasteiger partial charge in [0, 0.05) is 23.6 Å². The molecular formula is C14H19N3OS. The molecule has 2 N–H and O–H groups in total. The largest absolute Gasteiger partial charge is 0.430 e. The predicted molar refractivity (Wildman–Crippen MR) is 79.0 cm³/mol. The lowest BCUT2D eigenvalue weighted by Gasteiger charge is -2.14. The van der Waals surface area contributed by atoms with Crippen molar-refractivity contribution in [2.45, 2.75) is 40.0 Å². The molecule has 2 rings (SSSR count). The Labute approximate surface area is 117 Å². The van der Waals surface area contributed by atoms with Crippen molar-refractivity contribution in [3.05, 3.63) is 29.1 Å². The van der Waals surface area contributed by atoms with E-state index in [1.807, 2.05) is 26.0 Å².